The molecule has 138 valence electrons. The molecule has 2 bridgehead atoms. The molecular weight excluding hydrogens is 320 g/mol. The molecule has 2 N–H and O–H groups in total. The van der Waals surface area contributed by atoms with Crippen LogP contribution in [0.3, 0.4) is 0 Å². The second-order valence-electron chi connectivity index (χ2n) is 6.71. The Kier molecular flexibility index (Phi) is 5.73. The number of imide groups is 1. The van der Waals surface area contributed by atoms with Crippen LogP contribution in [-0.2, 0) is 14.3 Å². The van der Waals surface area contributed by atoms with Crippen LogP contribution in [0.4, 0.5) is 0 Å². The minimum absolute atomic E-state index is 0.00642. The summed E-state index contributed by atoms with van der Waals surface area (Å²) < 4.78 is 5.28. The number of amides is 2. The Balaban J connectivity index is 1.50. The van der Waals surface area contributed by atoms with Crippen molar-refractivity contribution in [2.24, 2.45) is 28.7 Å². The largest absolute Gasteiger partial charge is 0.380 e. The molecule has 1 saturated heterocycles. The summed E-state index contributed by atoms with van der Waals surface area (Å²) in [4.78, 5) is 31.1. The molecule has 0 aromatic rings. The molecule has 4 atom stereocenters. The molecule has 2 aliphatic carbocycles. The maximum absolute atomic E-state index is 12.6. The summed E-state index contributed by atoms with van der Waals surface area (Å²) in [7, 11) is 0. The highest BCUT2D eigenvalue weighted by Gasteiger charge is 2.58. The lowest BCUT2D eigenvalue weighted by Crippen LogP contribution is -2.43. The fourth-order valence-corrected chi connectivity index (χ4v) is 4.18. The Morgan fingerprint density at radius 2 is 1.88 bits per heavy atom. The third-order valence-electron chi connectivity index (χ3n) is 5.24. The Labute approximate surface area is 148 Å². The third kappa shape index (κ3) is 3.56. The highest BCUT2D eigenvalue weighted by atomic mass is 16.5. The van der Waals surface area contributed by atoms with Gasteiger partial charge in [0.2, 0.25) is 11.8 Å². The van der Waals surface area contributed by atoms with E-state index in [9.17, 15) is 9.59 Å². The quantitative estimate of drug-likeness (QED) is 0.218. The van der Waals surface area contributed by atoms with Crippen LogP contribution < -0.4 is 10.6 Å². The number of aliphatic imine (C=N–C) groups is 1. The lowest BCUT2D eigenvalue weighted by molar-refractivity contribution is -0.140. The monoisotopic (exact) mass is 348 g/mol. The Morgan fingerprint density at radius 3 is 2.48 bits per heavy atom. The maximum Gasteiger partial charge on any atom is 0.233 e. The Hall–Kier alpha value is -1.89. The van der Waals surface area contributed by atoms with E-state index in [1.54, 1.807) is 0 Å². The zero-order valence-corrected chi connectivity index (χ0v) is 15.0. The number of guanidine groups is 1. The first kappa shape index (κ1) is 17.9. The SMILES string of the molecule is CCNC(=NCCOCC)NCCN1C(=O)C2C3C=CC(C3)C2C1=O. The molecule has 2 fully saturated rings. The van der Waals surface area contributed by atoms with Crippen LogP contribution in [0, 0.1) is 23.7 Å². The fourth-order valence-electron chi connectivity index (χ4n) is 4.18. The second kappa shape index (κ2) is 7.99. The smallest absolute Gasteiger partial charge is 0.233 e. The van der Waals surface area contributed by atoms with Gasteiger partial charge in [0.05, 0.1) is 25.0 Å². The topological polar surface area (TPSA) is 83.0 Å². The van der Waals surface area contributed by atoms with Crippen molar-refractivity contribution in [1.29, 1.82) is 0 Å². The highest BCUT2D eigenvalue weighted by molar-refractivity contribution is 6.06. The van der Waals surface area contributed by atoms with Gasteiger partial charge in [-0.15, -0.1) is 0 Å². The van der Waals surface area contributed by atoms with Gasteiger partial charge in [0.1, 0.15) is 0 Å². The number of nitrogens with zero attached hydrogens (tertiary/aromatic N) is 2. The minimum Gasteiger partial charge on any atom is -0.380 e. The van der Waals surface area contributed by atoms with Gasteiger partial charge in [-0.3, -0.25) is 19.5 Å². The van der Waals surface area contributed by atoms with Crippen molar-refractivity contribution in [3.8, 4) is 0 Å². The lowest BCUT2D eigenvalue weighted by Gasteiger charge is -2.18. The van der Waals surface area contributed by atoms with Gasteiger partial charge >= 0.3 is 0 Å². The summed E-state index contributed by atoms with van der Waals surface area (Å²) in [6, 6.07) is 0. The molecular formula is C18H28N4O3. The van der Waals surface area contributed by atoms with E-state index in [1.165, 1.54) is 4.90 Å². The van der Waals surface area contributed by atoms with Crippen LogP contribution in [0.15, 0.2) is 17.1 Å². The number of hydrogen-bond acceptors (Lipinski definition) is 4. The zero-order valence-electron chi connectivity index (χ0n) is 15.0. The molecule has 1 aliphatic heterocycles. The average Bonchev–Trinajstić information content (AvgIpc) is 3.28. The minimum atomic E-state index is -0.115. The predicted molar refractivity (Wildman–Crippen MR) is 94.9 cm³/mol. The molecule has 3 rings (SSSR count). The molecule has 3 aliphatic rings. The molecule has 0 spiro atoms. The number of allylic oxidation sites excluding steroid dienone is 2. The number of fused-ring (bicyclic) bond motifs is 5. The van der Waals surface area contributed by atoms with Crippen molar-refractivity contribution in [1.82, 2.24) is 15.5 Å². The molecule has 1 saturated carbocycles. The summed E-state index contributed by atoms with van der Waals surface area (Å²) in [6.45, 7) is 7.42. The summed E-state index contributed by atoms with van der Waals surface area (Å²) in [5.74, 6) is 0.997. The van der Waals surface area contributed by atoms with Crippen molar-refractivity contribution in [3.63, 3.8) is 0 Å². The second-order valence-corrected chi connectivity index (χ2v) is 6.71. The maximum atomic E-state index is 12.6. The average molecular weight is 348 g/mol. The molecule has 1 heterocycles. The number of carbonyl (C=O) groups excluding carboxylic acids is 2. The first-order valence-electron chi connectivity index (χ1n) is 9.30. The standard InChI is InChI=1S/C18H28N4O3/c1-3-19-18(21-8-10-25-4-2)20-7-9-22-16(23)14-12-5-6-13(11-12)15(14)17(22)24/h5-6,12-15H,3-4,7-11H2,1-2H3,(H2,19,20,21). The van der Waals surface area contributed by atoms with Crippen molar-refractivity contribution in [2.75, 3.05) is 39.4 Å². The zero-order chi connectivity index (χ0) is 17.8. The molecule has 7 heteroatoms. The number of likely N-dealkylation sites (tertiary alicyclic amines) is 1. The van der Waals surface area contributed by atoms with Crippen molar-refractivity contribution >= 4 is 17.8 Å². The molecule has 4 unspecified atom stereocenters. The van der Waals surface area contributed by atoms with E-state index in [0.717, 1.165) is 13.0 Å². The van der Waals surface area contributed by atoms with E-state index in [0.29, 0.717) is 38.8 Å². The van der Waals surface area contributed by atoms with Crippen LogP contribution in [0.1, 0.15) is 20.3 Å². The molecule has 0 radical (unpaired) electrons. The van der Waals surface area contributed by atoms with Gasteiger partial charge in [-0.1, -0.05) is 12.2 Å². The third-order valence-corrected chi connectivity index (χ3v) is 5.24. The van der Waals surface area contributed by atoms with E-state index in [4.69, 9.17) is 4.74 Å². The van der Waals surface area contributed by atoms with Crippen LogP contribution >= 0.6 is 0 Å². The van der Waals surface area contributed by atoms with Gasteiger partial charge in [-0.2, -0.15) is 0 Å². The van der Waals surface area contributed by atoms with Gasteiger partial charge in [0.15, 0.2) is 5.96 Å². The van der Waals surface area contributed by atoms with Gasteiger partial charge < -0.3 is 15.4 Å². The Morgan fingerprint density at radius 1 is 1.20 bits per heavy atom. The number of nitrogens with one attached hydrogen (secondary N) is 2. The summed E-state index contributed by atoms with van der Waals surface area (Å²) in [5, 5.41) is 6.35. The number of carbonyl (C=O) groups is 2. The molecule has 25 heavy (non-hydrogen) atoms. The lowest BCUT2D eigenvalue weighted by atomic mass is 9.85. The van der Waals surface area contributed by atoms with Gasteiger partial charge in [-0.25, -0.2) is 0 Å². The van der Waals surface area contributed by atoms with Gasteiger partial charge in [0, 0.05) is 26.2 Å². The van der Waals surface area contributed by atoms with Crippen LogP contribution in [0.25, 0.3) is 0 Å². The van der Waals surface area contributed by atoms with Gasteiger partial charge in [0.25, 0.3) is 0 Å². The van der Waals surface area contributed by atoms with Crippen molar-refractivity contribution in [2.45, 2.75) is 20.3 Å². The van der Waals surface area contributed by atoms with E-state index < -0.39 is 0 Å². The normalized spacial score (nSPS) is 30.3. The van der Waals surface area contributed by atoms with E-state index in [1.807, 2.05) is 13.8 Å². The highest BCUT2D eigenvalue weighted by Crippen LogP contribution is 2.52. The number of hydrogen-bond donors (Lipinski definition) is 2. The number of rotatable bonds is 8. The number of ether oxygens (including phenoxy) is 1. The summed E-state index contributed by atoms with van der Waals surface area (Å²) >= 11 is 0. The van der Waals surface area contributed by atoms with Crippen molar-refractivity contribution < 1.29 is 14.3 Å². The molecule has 0 aromatic carbocycles. The summed E-state index contributed by atoms with van der Waals surface area (Å²) in [5.41, 5.74) is 0. The molecule has 7 nitrogen and oxygen atoms in total. The first-order valence-corrected chi connectivity index (χ1v) is 9.30. The van der Waals surface area contributed by atoms with E-state index in [-0.39, 0.29) is 35.5 Å². The summed E-state index contributed by atoms with van der Waals surface area (Å²) in [6.07, 6.45) is 5.20. The Bertz CT molecular complexity index is 545. The van der Waals surface area contributed by atoms with E-state index in [2.05, 4.69) is 27.8 Å². The van der Waals surface area contributed by atoms with Crippen LogP contribution in [0.5, 0.6) is 0 Å². The fraction of sp³-hybridized carbons (Fsp3) is 0.722. The predicted octanol–water partition coefficient (Wildman–Crippen LogP) is 0.385. The first-order chi connectivity index (χ1) is 12.2. The van der Waals surface area contributed by atoms with Gasteiger partial charge in [-0.05, 0) is 32.1 Å². The van der Waals surface area contributed by atoms with E-state index >= 15 is 0 Å². The molecule has 2 amide bonds. The molecule has 0 aromatic heterocycles. The van der Waals surface area contributed by atoms with Crippen molar-refractivity contribution in [3.05, 3.63) is 12.2 Å². The van der Waals surface area contributed by atoms with Crippen LogP contribution in [-0.4, -0.2) is 62.1 Å². The van der Waals surface area contributed by atoms with Crippen LogP contribution in [0.2, 0.25) is 0 Å².